The molecule has 1 aliphatic rings. The molecule has 0 saturated carbocycles. The molecule has 1 heterocycles. The standard InChI is InChI=1S/C16H25N3O2/c1-11(2)19-9-7-12(8-10-19)18(3)16(21)13-5-4-6-14(17)15(13)20/h4-6,11-12,20H,7-10,17H2,1-3H3. The number of phenolic OH excluding ortho intramolecular Hbond substituents is 1. The summed E-state index contributed by atoms with van der Waals surface area (Å²) in [5, 5.41) is 9.95. The van der Waals surface area contributed by atoms with Gasteiger partial charge in [-0.15, -0.1) is 0 Å². The highest BCUT2D eigenvalue weighted by Gasteiger charge is 2.28. The van der Waals surface area contributed by atoms with Crippen molar-refractivity contribution in [3.8, 4) is 5.75 Å². The Morgan fingerprint density at radius 3 is 2.57 bits per heavy atom. The molecule has 116 valence electrons. The minimum absolute atomic E-state index is 0.117. The lowest BCUT2D eigenvalue weighted by molar-refractivity contribution is 0.0612. The number of rotatable bonds is 3. The number of likely N-dealkylation sites (tertiary alicyclic amines) is 1. The number of carbonyl (C=O) groups is 1. The fraction of sp³-hybridized carbons (Fsp3) is 0.562. The number of hydrogen-bond acceptors (Lipinski definition) is 4. The van der Waals surface area contributed by atoms with Crippen LogP contribution in [0.2, 0.25) is 0 Å². The van der Waals surface area contributed by atoms with Crippen molar-refractivity contribution in [1.29, 1.82) is 0 Å². The summed E-state index contributed by atoms with van der Waals surface area (Å²) in [6.07, 6.45) is 1.92. The maximum Gasteiger partial charge on any atom is 0.257 e. The number of anilines is 1. The van der Waals surface area contributed by atoms with Crippen LogP contribution in [0, 0.1) is 0 Å². The Kier molecular flexibility index (Phi) is 4.73. The Morgan fingerprint density at radius 1 is 1.38 bits per heavy atom. The van der Waals surface area contributed by atoms with Gasteiger partial charge in [-0.25, -0.2) is 0 Å². The molecule has 0 spiro atoms. The summed E-state index contributed by atoms with van der Waals surface area (Å²) in [7, 11) is 1.81. The molecule has 5 heteroatoms. The van der Waals surface area contributed by atoms with E-state index >= 15 is 0 Å². The molecule has 1 aliphatic heterocycles. The van der Waals surface area contributed by atoms with Crippen molar-refractivity contribution in [2.24, 2.45) is 0 Å². The summed E-state index contributed by atoms with van der Waals surface area (Å²) >= 11 is 0. The van der Waals surface area contributed by atoms with E-state index in [1.165, 1.54) is 0 Å². The number of carbonyl (C=O) groups excluding carboxylic acids is 1. The first kappa shape index (κ1) is 15.6. The van der Waals surface area contributed by atoms with E-state index in [4.69, 9.17) is 5.73 Å². The van der Waals surface area contributed by atoms with E-state index in [-0.39, 0.29) is 28.9 Å². The molecule has 1 aromatic carbocycles. The summed E-state index contributed by atoms with van der Waals surface area (Å²) in [4.78, 5) is 16.7. The van der Waals surface area contributed by atoms with E-state index in [2.05, 4.69) is 18.7 Å². The molecule has 0 aliphatic carbocycles. The van der Waals surface area contributed by atoms with Crippen LogP contribution in [0.25, 0.3) is 0 Å². The molecule has 0 atom stereocenters. The predicted octanol–water partition coefficient (Wildman–Crippen LogP) is 1.92. The number of nitrogens with zero attached hydrogens (tertiary/aromatic N) is 2. The lowest BCUT2D eigenvalue weighted by atomic mass is 10.0. The van der Waals surface area contributed by atoms with Gasteiger partial charge < -0.3 is 20.6 Å². The highest BCUT2D eigenvalue weighted by molar-refractivity contribution is 5.98. The number of nitrogen functional groups attached to an aromatic ring is 1. The van der Waals surface area contributed by atoms with Gasteiger partial charge in [-0.2, -0.15) is 0 Å². The van der Waals surface area contributed by atoms with Crippen LogP contribution in [0.3, 0.4) is 0 Å². The summed E-state index contributed by atoms with van der Waals surface area (Å²) in [5.74, 6) is -0.281. The highest BCUT2D eigenvalue weighted by Crippen LogP contribution is 2.27. The number of benzene rings is 1. The van der Waals surface area contributed by atoms with E-state index in [1.807, 2.05) is 0 Å². The van der Waals surface area contributed by atoms with E-state index in [0.29, 0.717) is 6.04 Å². The quantitative estimate of drug-likeness (QED) is 0.659. The molecule has 21 heavy (non-hydrogen) atoms. The van der Waals surface area contributed by atoms with Crippen molar-refractivity contribution in [3.63, 3.8) is 0 Å². The Balaban J connectivity index is 2.05. The number of amides is 1. The zero-order chi connectivity index (χ0) is 15.6. The third-order valence-corrected chi connectivity index (χ3v) is 4.40. The monoisotopic (exact) mass is 291 g/mol. The zero-order valence-corrected chi connectivity index (χ0v) is 13.0. The van der Waals surface area contributed by atoms with Gasteiger partial charge in [0.15, 0.2) is 5.75 Å². The summed E-state index contributed by atoms with van der Waals surface area (Å²) in [6.45, 7) is 6.39. The minimum Gasteiger partial charge on any atom is -0.505 e. The van der Waals surface area contributed by atoms with Gasteiger partial charge in [-0.05, 0) is 38.8 Å². The molecule has 1 saturated heterocycles. The molecular formula is C16H25N3O2. The van der Waals surface area contributed by atoms with E-state index < -0.39 is 0 Å². The Labute approximate surface area is 126 Å². The highest BCUT2D eigenvalue weighted by atomic mass is 16.3. The zero-order valence-electron chi connectivity index (χ0n) is 13.0. The largest absolute Gasteiger partial charge is 0.505 e. The molecule has 1 aromatic rings. The third-order valence-electron chi connectivity index (χ3n) is 4.40. The summed E-state index contributed by atoms with van der Waals surface area (Å²) in [5.41, 5.74) is 6.18. The fourth-order valence-electron chi connectivity index (χ4n) is 2.88. The first-order valence-electron chi connectivity index (χ1n) is 7.50. The van der Waals surface area contributed by atoms with Gasteiger partial charge in [-0.3, -0.25) is 4.79 Å². The number of hydrogen-bond donors (Lipinski definition) is 2. The topological polar surface area (TPSA) is 69.8 Å². The number of aromatic hydroxyl groups is 1. The predicted molar refractivity (Wildman–Crippen MR) is 84.3 cm³/mol. The van der Waals surface area contributed by atoms with Crippen molar-refractivity contribution in [3.05, 3.63) is 23.8 Å². The van der Waals surface area contributed by atoms with Crippen LogP contribution in [-0.4, -0.2) is 53.0 Å². The van der Waals surface area contributed by atoms with Crippen LogP contribution in [0.15, 0.2) is 18.2 Å². The van der Waals surface area contributed by atoms with Crippen LogP contribution >= 0.6 is 0 Å². The molecule has 0 aromatic heterocycles. The van der Waals surface area contributed by atoms with Crippen molar-refractivity contribution in [1.82, 2.24) is 9.80 Å². The lowest BCUT2D eigenvalue weighted by Gasteiger charge is -2.38. The van der Waals surface area contributed by atoms with Crippen molar-refractivity contribution < 1.29 is 9.90 Å². The number of phenols is 1. The molecule has 3 N–H and O–H groups in total. The maximum absolute atomic E-state index is 12.5. The van der Waals surface area contributed by atoms with Gasteiger partial charge in [0.2, 0.25) is 0 Å². The lowest BCUT2D eigenvalue weighted by Crippen LogP contribution is -2.47. The first-order chi connectivity index (χ1) is 9.91. The van der Waals surface area contributed by atoms with E-state index in [0.717, 1.165) is 25.9 Å². The van der Waals surface area contributed by atoms with Crippen LogP contribution in [0.1, 0.15) is 37.0 Å². The second kappa shape index (κ2) is 6.35. The summed E-state index contributed by atoms with van der Waals surface area (Å²) in [6, 6.07) is 5.66. The average molecular weight is 291 g/mol. The molecule has 0 radical (unpaired) electrons. The van der Waals surface area contributed by atoms with Crippen LogP contribution in [0.5, 0.6) is 5.75 Å². The number of piperidine rings is 1. The second-order valence-electron chi connectivity index (χ2n) is 6.02. The smallest absolute Gasteiger partial charge is 0.257 e. The fourth-order valence-corrected chi connectivity index (χ4v) is 2.88. The van der Waals surface area contributed by atoms with Gasteiger partial charge in [-0.1, -0.05) is 6.07 Å². The molecular weight excluding hydrogens is 266 g/mol. The Hall–Kier alpha value is -1.75. The SMILES string of the molecule is CC(C)N1CCC(N(C)C(=O)c2cccc(N)c2O)CC1. The average Bonchev–Trinajstić information content (AvgIpc) is 2.48. The Bertz CT molecular complexity index is 508. The molecule has 2 rings (SSSR count). The Morgan fingerprint density at radius 2 is 2.00 bits per heavy atom. The van der Waals surface area contributed by atoms with Crippen LogP contribution in [-0.2, 0) is 0 Å². The van der Waals surface area contributed by atoms with Crippen molar-refractivity contribution in [2.45, 2.75) is 38.8 Å². The van der Waals surface area contributed by atoms with Gasteiger partial charge in [0, 0.05) is 32.2 Å². The molecule has 1 amide bonds. The molecule has 5 nitrogen and oxygen atoms in total. The minimum atomic E-state index is -0.164. The number of para-hydroxylation sites is 1. The third kappa shape index (κ3) is 3.29. The number of nitrogens with two attached hydrogens (primary N) is 1. The van der Waals surface area contributed by atoms with Gasteiger partial charge in [0.25, 0.3) is 5.91 Å². The molecule has 0 unspecified atom stereocenters. The molecule has 1 fully saturated rings. The maximum atomic E-state index is 12.5. The van der Waals surface area contributed by atoms with Gasteiger partial charge >= 0.3 is 0 Å². The van der Waals surface area contributed by atoms with Gasteiger partial charge in [0.1, 0.15) is 0 Å². The second-order valence-corrected chi connectivity index (χ2v) is 6.02. The molecule has 0 bridgehead atoms. The summed E-state index contributed by atoms with van der Waals surface area (Å²) < 4.78 is 0. The van der Waals surface area contributed by atoms with Crippen LogP contribution in [0.4, 0.5) is 5.69 Å². The van der Waals surface area contributed by atoms with Crippen molar-refractivity contribution in [2.75, 3.05) is 25.9 Å². The van der Waals surface area contributed by atoms with Gasteiger partial charge in [0.05, 0.1) is 11.3 Å². The van der Waals surface area contributed by atoms with Crippen molar-refractivity contribution >= 4 is 11.6 Å². The normalized spacial score (nSPS) is 17.1. The first-order valence-corrected chi connectivity index (χ1v) is 7.50. The van der Waals surface area contributed by atoms with Crippen LogP contribution < -0.4 is 5.73 Å². The van der Waals surface area contributed by atoms with E-state index in [1.54, 1.807) is 30.1 Å². The van der Waals surface area contributed by atoms with E-state index in [9.17, 15) is 9.90 Å².